The van der Waals surface area contributed by atoms with Gasteiger partial charge in [-0.25, -0.2) is 4.79 Å². The molecule has 0 spiro atoms. The number of unbranched alkanes of at least 4 members (excludes halogenated alkanes) is 2. The first-order valence-corrected chi connectivity index (χ1v) is 15.3. The van der Waals surface area contributed by atoms with Gasteiger partial charge in [0.1, 0.15) is 23.4 Å². The van der Waals surface area contributed by atoms with Gasteiger partial charge in [0.2, 0.25) is 11.8 Å². The number of nitrogens with zero attached hydrogens (tertiary/aromatic N) is 1. The Hall–Kier alpha value is -4.08. The van der Waals surface area contributed by atoms with E-state index in [4.69, 9.17) is 9.47 Å². The molecule has 2 rings (SSSR count). The smallest absolute Gasteiger partial charge is 0.408 e. The fourth-order valence-electron chi connectivity index (χ4n) is 4.75. The first-order chi connectivity index (χ1) is 20.8. The number of ether oxygens (including phenoxy) is 2. The molecular formula is C34H49N3O7. The molecule has 0 bridgehead atoms. The number of rotatable bonds is 15. The van der Waals surface area contributed by atoms with E-state index in [1.54, 1.807) is 39.8 Å². The Labute approximate surface area is 261 Å². The minimum Gasteiger partial charge on any atom is -0.508 e. The van der Waals surface area contributed by atoms with Crippen LogP contribution in [-0.4, -0.2) is 65.2 Å². The minimum absolute atomic E-state index is 0.00738. The molecule has 3 amide bonds. The highest BCUT2D eigenvalue weighted by Crippen LogP contribution is 2.28. The lowest BCUT2D eigenvalue weighted by Gasteiger charge is -2.35. The molecule has 0 aromatic heterocycles. The summed E-state index contributed by atoms with van der Waals surface area (Å²) in [4.78, 5) is 55.0. The van der Waals surface area contributed by atoms with E-state index in [0.29, 0.717) is 17.5 Å². The number of aromatic hydroxyl groups is 1. The van der Waals surface area contributed by atoms with Gasteiger partial charge in [0.05, 0.1) is 13.0 Å². The van der Waals surface area contributed by atoms with Crippen molar-refractivity contribution in [1.82, 2.24) is 15.5 Å². The molecule has 0 fully saturated rings. The maximum absolute atomic E-state index is 14.5. The number of benzene rings is 2. The summed E-state index contributed by atoms with van der Waals surface area (Å²) in [6, 6.07) is 9.90. The molecule has 10 heteroatoms. The third-order valence-corrected chi connectivity index (χ3v) is 7.09. The lowest BCUT2D eigenvalue weighted by Crippen LogP contribution is -2.54. The van der Waals surface area contributed by atoms with Crippen molar-refractivity contribution in [2.45, 2.75) is 98.3 Å². The number of hydrogen-bond donors (Lipinski definition) is 3. The number of amides is 3. The van der Waals surface area contributed by atoms with Gasteiger partial charge in [-0.05, 0) is 82.3 Å². The molecule has 242 valence electrons. The largest absolute Gasteiger partial charge is 0.508 e. The second-order valence-corrected chi connectivity index (χ2v) is 11.8. The summed E-state index contributed by atoms with van der Waals surface area (Å²) in [6.07, 6.45) is 1.70. The average molecular weight is 612 g/mol. The SMILES string of the molecule is CCCCCN(C(=O)C(Cc1ccc(O)cc1)NC(=O)OC(C)(C)C)C(C(=O)NCCC(=O)OCC)c1cccc(C)c1C. The van der Waals surface area contributed by atoms with Gasteiger partial charge < -0.3 is 30.1 Å². The number of nitrogens with one attached hydrogen (secondary N) is 2. The Balaban J connectivity index is 2.57. The molecule has 2 unspecified atom stereocenters. The summed E-state index contributed by atoms with van der Waals surface area (Å²) in [5, 5.41) is 15.4. The predicted octanol–water partition coefficient (Wildman–Crippen LogP) is 5.27. The molecule has 0 radical (unpaired) electrons. The van der Waals surface area contributed by atoms with Gasteiger partial charge in [0.25, 0.3) is 0 Å². The van der Waals surface area contributed by atoms with Gasteiger partial charge in [0, 0.05) is 19.5 Å². The number of aryl methyl sites for hydroxylation is 1. The van der Waals surface area contributed by atoms with Crippen molar-refractivity contribution in [3.63, 3.8) is 0 Å². The highest BCUT2D eigenvalue weighted by molar-refractivity contribution is 5.92. The summed E-state index contributed by atoms with van der Waals surface area (Å²) < 4.78 is 10.5. The molecule has 0 saturated carbocycles. The Morgan fingerprint density at radius 3 is 2.27 bits per heavy atom. The molecule has 0 aliphatic rings. The van der Waals surface area contributed by atoms with Gasteiger partial charge in [-0.15, -0.1) is 0 Å². The Bertz CT molecular complexity index is 1250. The topological polar surface area (TPSA) is 134 Å². The molecule has 0 aliphatic carbocycles. The third-order valence-electron chi connectivity index (χ3n) is 7.09. The Kier molecular flexibility index (Phi) is 14.2. The lowest BCUT2D eigenvalue weighted by molar-refractivity contribution is -0.144. The molecule has 2 aromatic carbocycles. The van der Waals surface area contributed by atoms with Crippen LogP contribution in [0.15, 0.2) is 42.5 Å². The van der Waals surface area contributed by atoms with Crippen molar-refractivity contribution in [2.24, 2.45) is 0 Å². The second-order valence-electron chi connectivity index (χ2n) is 11.8. The van der Waals surface area contributed by atoms with E-state index < -0.39 is 41.6 Å². The van der Waals surface area contributed by atoms with Crippen LogP contribution in [0.4, 0.5) is 4.79 Å². The van der Waals surface area contributed by atoms with E-state index in [-0.39, 0.29) is 38.3 Å². The highest BCUT2D eigenvalue weighted by Gasteiger charge is 2.37. The van der Waals surface area contributed by atoms with Gasteiger partial charge >= 0.3 is 12.1 Å². The average Bonchev–Trinajstić information content (AvgIpc) is 2.94. The van der Waals surface area contributed by atoms with Gasteiger partial charge in [-0.1, -0.05) is 50.1 Å². The monoisotopic (exact) mass is 611 g/mol. The van der Waals surface area contributed by atoms with E-state index in [0.717, 1.165) is 24.0 Å². The van der Waals surface area contributed by atoms with Gasteiger partial charge in [0.15, 0.2) is 0 Å². The summed E-state index contributed by atoms with van der Waals surface area (Å²) >= 11 is 0. The van der Waals surface area contributed by atoms with Crippen LogP contribution in [0.3, 0.4) is 0 Å². The number of carbonyl (C=O) groups excluding carboxylic acids is 4. The lowest BCUT2D eigenvalue weighted by atomic mass is 9.94. The van der Waals surface area contributed by atoms with Crippen molar-refractivity contribution in [3.05, 3.63) is 64.7 Å². The summed E-state index contributed by atoms with van der Waals surface area (Å²) in [5.74, 6) is -1.24. The van der Waals surface area contributed by atoms with Crippen LogP contribution < -0.4 is 10.6 Å². The van der Waals surface area contributed by atoms with E-state index in [2.05, 4.69) is 10.6 Å². The van der Waals surface area contributed by atoms with Crippen LogP contribution in [0.25, 0.3) is 0 Å². The molecule has 2 atom stereocenters. The van der Waals surface area contributed by atoms with Crippen LogP contribution in [-0.2, 0) is 30.3 Å². The number of esters is 1. The highest BCUT2D eigenvalue weighted by atomic mass is 16.6. The number of phenolic OH excluding ortho intramolecular Hbond substituents is 1. The Morgan fingerprint density at radius 2 is 1.66 bits per heavy atom. The molecule has 0 aliphatic heterocycles. The zero-order valence-electron chi connectivity index (χ0n) is 27.2. The standard InChI is InChI=1S/C34H49N3O7/c1-8-10-11-21-37(30(27-14-12-13-23(3)24(27)4)31(40)35-20-19-29(39)43-9-2)32(41)28(36-33(42)44-34(5,6)7)22-25-15-17-26(38)18-16-25/h12-18,28,30,38H,8-11,19-22H2,1-7H3,(H,35,40)(H,36,42). The Morgan fingerprint density at radius 1 is 0.977 bits per heavy atom. The number of alkyl carbamates (subject to hydrolysis) is 1. The predicted molar refractivity (Wildman–Crippen MR) is 169 cm³/mol. The van der Waals surface area contributed by atoms with Crippen molar-refractivity contribution in [3.8, 4) is 5.75 Å². The zero-order valence-corrected chi connectivity index (χ0v) is 27.2. The van der Waals surface area contributed by atoms with Crippen LogP contribution >= 0.6 is 0 Å². The number of phenols is 1. The fourth-order valence-corrected chi connectivity index (χ4v) is 4.75. The molecule has 0 heterocycles. The fraction of sp³-hybridized carbons (Fsp3) is 0.529. The quantitative estimate of drug-likeness (QED) is 0.184. The first-order valence-electron chi connectivity index (χ1n) is 15.3. The molecule has 0 saturated heterocycles. The van der Waals surface area contributed by atoms with E-state index >= 15 is 0 Å². The third kappa shape index (κ3) is 11.5. The van der Waals surface area contributed by atoms with Crippen molar-refractivity contribution >= 4 is 23.9 Å². The summed E-state index contributed by atoms with van der Waals surface area (Å²) in [6.45, 7) is 13.4. The molecular weight excluding hydrogens is 562 g/mol. The van der Waals surface area contributed by atoms with E-state index in [1.165, 1.54) is 17.0 Å². The zero-order chi connectivity index (χ0) is 32.9. The molecule has 44 heavy (non-hydrogen) atoms. The number of hydrogen-bond acceptors (Lipinski definition) is 7. The van der Waals surface area contributed by atoms with Crippen LogP contribution in [0, 0.1) is 13.8 Å². The van der Waals surface area contributed by atoms with Gasteiger partial charge in [-0.3, -0.25) is 14.4 Å². The maximum atomic E-state index is 14.5. The summed E-state index contributed by atoms with van der Waals surface area (Å²) in [5.41, 5.74) is 2.38. The normalized spacial score (nSPS) is 12.5. The minimum atomic E-state index is -1.07. The van der Waals surface area contributed by atoms with Crippen LogP contribution in [0.2, 0.25) is 0 Å². The molecule has 10 nitrogen and oxygen atoms in total. The van der Waals surface area contributed by atoms with E-state index in [1.807, 2.05) is 39.0 Å². The summed E-state index contributed by atoms with van der Waals surface area (Å²) in [7, 11) is 0. The second kappa shape index (κ2) is 17.3. The van der Waals surface area contributed by atoms with Crippen LogP contribution in [0.1, 0.15) is 88.6 Å². The number of carbonyl (C=O) groups is 4. The van der Waals surface area contributed by atoms with Crippen molar-refractivity contribution < 1.29 is 33.8 Å². The van der Waals surface area contributed by atoms with Crippen molar-refractivity contribution in [2.75, 3.05) is 19.7 Å². The molecule has 2 aromatic rings. The van der Waals surface area contributed by atoms with Gasteiger partial charge in [-0.2, -0.15) is 0 Å². The maximum Gasteiger partial charge on any atom is 0.408 e. The molecule has 3 N–H and O–H groups in total. The van der Waals surface area contributed by atoms with E-state index in [9.17, 15) is 24.3 Å². The first kappa shape index (κ1) is 36.1. The van der Waals surface area contributed by atoms with Crippen molar-refractivity contribution in [1.29, 1.82) is 0 Å². The van der Waals surface area contributed by atoms with Crippen LogP contribution in [0.5, 0.6) is 5.75 Å².